The molecule has 1 aromatic heterocycles. The van der Waals surface area contributed by atoms with Gasteiger partial charge in [-0.2, -0.15) is 5.10 Å². The Morgan fingerprint density at radius 3 is 2.85 bits per heavy atom. The van der Waals surface area contributed by atoms with Crippen molar-refractivity contribution >= 4 is 29.2 Å². The number of aromatic nitrogens is 2. The van der Waals surface area contributed by atoms with E-state index in [1.54, 1.807) is 18.2 Å². The average Bonchev–Trinajstić information content (AvgIpc) is 2.81. The largest absolute Gasteiger partial charge is 0.480 e. The van der Waals surface area contributed by atoms with E-state index < -0.39 is 11.9 Å². The lowest BCUT2D eigenvalue weighted by atomic mass is 10.2. The Balaban J connectivity index is 2.22. The number of carbonyl (C=O) groups is 2. The molecule has 1 aromatic carbocycles. The Kier molecular flexibility index (Phi) is 4.05. The van der Waals surface area contributed by atoms with Gasteiger partial charge in [0.1, 0.15) is 12.2 Å². The van der Waals surface area contributed by atoms with Crippen LogP contribution in [0.5, 0.6) is 0 Å². The molecule has 0 unspecified atom stereocenters. The maximum atomic E-state index is 12.1. The number of nitrogens with zero attached hydrogens (tertiary/aromatic N) is 2. The van der Waals surface area contributed by atoms with Gasteiger partial charge in [0.05, 0.1) is 0 Å². The van der Waals surface area contributed by atoms with E-state index in [1.165, 1.54) is 12.3 Å². The highest BCUT2D eigenvalue weighted by Gasteiger charge is 2.15. The summed E-state index contributed by atoms with van der Waals surface area (Å²) in [5.74, 6) is -1.50. The maximum absolute atomic E-state index is 12.1. The lowest BCUT2D eigenvalue weighted by molar-refractivity contribution is -0.137. The monoisotopic (exact) mass is 293 g/mol. The van der Waals surface area contributed by atoms with Gasteiger partial charge in [0.25, 0.3) is 5.91 Å². The molecule has 20 heavy (non-hydrogen) atoms. The highest BCUT2D eigenvalue weighted by atomic mass is 35.5. The standard InChI is InChI=1S/C13H12ClN3O3/c1-8-2-3-9(14)6-10(8)16-13(20)11-4-5-15-17(11)7-12(18)19/h2-6H,7H2,1H3,(H,16,20)(H,18,19). The van der Waals surface area contributed by atoms with Crippen LogP contribution < -0.4 is 5.32 Å². The molecule has 2 N–H and O–H groups in total. The average molecular weight is 294 g/mol. The summed E-state index contributed by atoms with van der Waals surface area (Å²) >= 11 is 5.88. The second-order valence-corrected chi connectivity index (χ2v) is 4.62. The van der Waals surface area contributed by atoms with Gasteiger partial charge < -0.3 is 10.4 Å². The van der Waals surface area contributed by atoms with E-state index in [0.717, 1.165) is 10.2 Å². The van der Waals surface area contributed by atoms with Gasteiger partial charge in [-0.15, -0.1) is 0 Å². The fourth-order valence-corrected chi connectivity index (χ4v) is 1.87. The van der Waals surface area contributed by atoms with Crippen molar-refractivity contribution in [1.29, 1.82) is 0 Å². The van der Waals surface area contributed by atoms with Gasteiger partial charge in [-0.1, -0.05) is 17.7 Å². The predicted molar refractivity (Wildman–Crippen MR) is 74.0 cm³/mol. The Bertz CT molecular complexity index is 667. The third-order valence-electron chi connectivity index (χ3n) is 2.68. The number of aryl methyl sites for hydroxylation is 1. The molecule has 0 radical (unpaired) electrons. The first-order valence-electron chi connectivity index (χ1n) is 5.78. The van der Waals surface area contributed by atoms with Crippen molar-refractivity contribution in [2.75, 3.05) is 5.32 Å². The zero-order chi connectivity index (χ0) is 14.7. The van der Waals surface area contributed by atoms with Crippen molar-refractivity contribution in [3.8, 4) is 0 Å². The third-order valence-corrected chi connectivity index (χ3v) is 2.92. The van der Waals surface area contributed by atoms with E-state index in [9.17, 15) is 9.59 Å². The van der Waals surface area contributed by atoms with Crippen molar-refractivity contribution in [2.45, 2.75) is 13.5 Å². The van der Waals surface area contributed by atoms with Crippen LogP contribution in [0.2, 0.25) is 5.02 Å². The van der Waals surface area contributed by atoms with Crippen molar-refractivity contribution < 1.29 is 14.7 Å². The number of benzene rings is 1. The molecular formula is C13H12ClN3O3. The zero-order valence-electron chi connectivity index (χ0n) is 10.6. The minimum Gasteiger partial charge on any atom is -0.480 e. The van der Waals surface area contributed by atoms with Gasteiger partial charge in [0.2, 0.25) is 0 Å². The molecule has 6 nitrogen and oxygen atoms in total. The number of hydrogen-bond donors (Lipinski definition) is 2. The molecule has 0 atom stereocenters. The van der Waals surface area contributed by atoms with Crippen LogP contribution >= 0.6 is 11.6 Å². The normalized spacial score (nSPS) is 10.3. The molecule has 2 rings (SSSR count). The van der Waals surface area contributed by atoms with Gasteiger partial charge in [0, 0.05) is 16.9 Å². The zero-order valence-corrected chi connectivity index (χ0v) is 11.4. The second kappa shape index (κ2) is 5.75. The van der Waals surface area contributed by atoms with Gasteiger partial charge in [-0.25, -0.2) is 4.68 Å². The molecule has 0 aliphatic carbocycles. The molecule has 0 saturated heterocycles. The van der Waals surface area contributed by atoms with Crippen LogP contribution in [0, 0.1) is 6.92 Å². The number of nitrogens with one attached hydrogen (secondary N) is 1. The topological polar surface area (TPSA) is 84.2 Å². The van der Waals surface area contributed by atoms with E-state index in [4.69, 9.17) is 16.7 Å². The summed E-state index contributed by atoms with van der Waals surface area (Å²) in [6.45, 7) is 1.46. The van der Waals surface area contributed by atoms with Crippen LogP contribution in [0.4, 0.5) is 5.69 Å². The second-order valence-electron chi connectivity index (χ2n) is 4.18. The van der Waals surface area contributed by atoms with E-state index in [-0.39, 0.29) is 12.2 Å². The number of carboxylic acid groups (broad SMARTS) is 1. The van der Waals surface area contributed by atoms with Crippen LogP contribution in [-0.2, 0) is 11.3 Å². The molecule has 0 fully saturated rings. The molecule has 0 bridgehead atoms. The number of anilines is 1. The summed E-state index contributed by atoms with van der Waals surface area (Å²) in [6.07, 6.45) is 1.38. The molecular weight excluding hydrogens is 282 g/mol. The molecule has 2 aromatic rings. The van der Waals surface area contributed by atoms with Crippen LogP contribution in [-0.4, -0.2) is 26.8 Å². The number of rotatable bonds is 4. The quantitative estimate of drug-likeness (QED) is 0.905. The molecule has 1 amide bonds. The van der Waals surface area contributed by atoms with Gasteiger partial charge in [0.15, 0.2) is 0 Å². The molecule has 0 aliphatic rings. The van der Waals surface area contributed by atoms with E-state index in [2.05, 4.69) is 10.4 Å². The highest BCUT2D eigenvalue weighted by Crippen LogP contribution is 2.20. The first-order chi connectivity index (χ1) is 9.47. The summed E-state index contributed by atoms with van der Waals surface area (Å²) in [5.41, 5.74) is 1.60. The van der Waals surface area contributed by atoms with E-state index >= 15 is 0 Å². The summed E-state index contributed by atoms with van der Waals surface area (Å²) in [4.78, 5) is 22.8. The molecule has 7 heteroatoms. The summed E-state index contributed by atoms with van der Waals surface area (Å²) < 4.78 is 1.12. The Hall–Kier alpha value is -2.34. The number of hydrogen-bond acceptors (Lipinski definition) is 3. The Morgan fingerprint density at radius 1 is 1.40 bits per heavy atom. The first-order valence-corrected chi connectivity index (χ1v) is 6.16. The van der Waals surface area contributed by atoms with Crippen LogP contribution in [0.1, 0.15) is 16.1 Å². The lowest BCUT2D eigenvalue weighted by Crippen LogP contribution is -2.21. The number of carboxylic acids is 1. The smallest absolute Gasteiger partial charge is 0.325 e. The van der Waals surface area contributed by atoms with E-state index in [0.29, 0.717) is 10.7 Å². The van der Waals surface area contributed by atoms with Crippen molar-refractivity contribution in [1.82, 2.24) is 9.78 Å². The van der Waals surface area contributed by atoms with Gasteiger partial charge in [-0.05, 0) is 30.7 Å². The number of halogens is 1. The highest BCUT2D eigenvalue weighted by molar-refractivity contribution is 6.31. The fraction of sp³-hybridized carbons (Fsp3) is 0.154. The number of amides is 1. The number of carbonyl (C=O) groups excluding carboxylic acids is 1. The van der Waals surface area contributed by atoms with E-state index in [1.807, 2.05) is 6.92 Å². The summed E-state index contributed by atoms with van der Waals surface area (Å²) in [7, 11) is 0. The van der Waals surface area contributed by atoms with Crippen LogP contribution in [0.25, 0.3) is 0 Å². The number of aliphatic carboxylic acids is 1. The minimum absolute atomic E-state index is 0.173. The molecule has 0 saturated carbocycles. The molecule has 104 valence electrons. The molecule has 1 heterocycles. The fourth-order valence-electron chi connectivity index (χ4n) is 1.69. The summed E-state index contributed by atoms with van der Waals surface area (Å²) in [5, 5.41) is 15.8. The van der Waals surface area contributed by atoms with Crippen molar-refractivity contribution in [3.63, 3.8) is 0 Å². The maximum Gasteiger partial charge on any atom is 0.325 e. The van der Waals surface area contributed by atoms with Gasteiger partial charge >= 0.3 is 5.97 Å². The SMILES string of the molecule is Cc1ccc(Cl)cc1NC(=O)c1ccnn1CC(=O)O. The van der Waals surface area contributed by atoms with Crippen LogP contribution in [0.3, 0.4) is 0 Å². The Morgan fingerprint density at radius 2 is 2.15 bits per heavy atom. The summed E-state index contributed by atoms with van der Waals surface area (Å²) in [6, 6.07) is 6.60. The van der Waals surface area contributed by atoms with Crippen molar-refractivity contribution in [2.24, 2.45) is 0 Å². The predicted octanol–water partition coefficient (Wildman–Crippen LogP) is 2.18. The Labute approximate surface area is 120 Å². The first kappa shape index (κ1) is 14.1. The van der Waals surface area contributed by atoms with Crippen LogP contribution in [0.15, 0.2) is 30.5 Å². The molecule has 0 spiro atoms. The molecule has 0 aliphatic heterocycles. The van der Waals surface area contributed by atoms with Crippen molar-refractivity contribution in [3.05, 3.63) is 46.7 Å². The van der Waals surface area contributed by atoms with Gasteiger partial charge in [-0.3, -0.25) is 9.59 Å². The third kappa shape index (κ3) is 3.16. The lowest BCUT2D eigenvalue weighted by Gasteiger charge is -2.09. The minimum atomic E-state index is -1.07.